The highest BCUT2D eigenvalue weighted by Gasteiger charge is 2.40. The van der Waals surface area contributed by atoms with Crippen LogP contribution in [0.15, 0.2) is 24.3 Å². The average molecular weight is 358 g/mol. The molecule has 0 radical (unpaired) electrons. The quantitative estimate of drug-likeness (QED) is 0.487. The number of benzene rings is 1. The number of methoxy groups -OCH3 is 1. The van der Waals surface area contributed by atoms with Crippen molar-refractivity contribution in [2.45, 2.75) is 59.1 Å². The Hall–Kier alpha value is -1.36. The van der Waals surface area contributed by atoms with Gasteiger partial charge in [0.2, 0.25) is 5.85 Å². The molecule has 1 unspecified atom stereocenters. The number of carbonyl (C=O) groups is 1. The Morgan fingerprint density at radius 1 is 1.04 bits per heavy atom. The minimum absolute atomic E-state index is 0.223. The fraction of sp³-hybridized carbons (Fsp3) is 0.588. The Morgan fingerprint density at radius 3 is 1.92 bits per heavy atom. The molecule has 0 saturated heterocycles. The first-order valence-electron chi connectivity index (χ1n) is 7.93. The summed E-state index contributed by atoms with van der Waals surface area (Å²) in [5.41, 5.74) is 0.835. The molecule has 136 valence electrons. The second-order valence-electron chi connectivity index (χ2n) is 5.96. The van der Waals surface area contributed by atoms with E-state index in [1.165, 1.54) is 6.92 Å². The second-order valence-corrected chi connectivity index (χ2v) is 8.04. The van der Waals surface area contributed by atoms with Crippen LogP contribution in [0.2, 0.25) is 0 Å². The highest BCUT2D eigenvalue weighted by molar-refractivity contribution is 7.54. The zero-order valence-electron chi connectivity index (χ0n) is 15.1. The van der Waals surface area contributed by atoms with E-state index in [1.807, 2.05) is 12.1 Å². The van der Waals surface area contributed by atoms with E-state index in [2.05, 4.69) is 0 Å². The molecule has 7 heteroatoms. The molecule has 1 rings (SSSR count). The fourth-order valence-corrected chi connectivity index (χ4v) is 4.33. The maximum absolute atomic E-state index is 13.3. The maximum Gasteiger partial charge on any atom is 0.371 e. The molecule has 0 aliphatic rings. The molecular weight excluding hydrogens is 331 g/mol. The van der Waals surface area contributed by atoms with Gasteiger partial charge in [0, 0.05) is 13.3 Å². The standard InChI is InChI=1S/C17H27O6P/c1-12(2)22-24(19,23-13(3)4)17(21-14(5)18)11-15-7-9-16(20-6)10-8-15/h7-10,12-13,17H,11H2,1-6H3. The van der Waals surface area contributed by atoms with Crippen LogP contribution in [0.3, 0.4) is 0 Å². The number of ether oxygens (including phenoxy) is 2. The molecule has 0 fully saturated rings. The molecule has 24 heavy (non-hydrogen) atoms. The van der Waals surface area contributed by atoms with Crippen molar-refractivity contribution < 1.29 is 27.9 Å². The van der Waals surface area contributed by atoms with Gasteiger partial charge < -0.3 is 18.5 Å². The lowest BCUT2D eigenvalue weighted by Gasteiger charge is -2.29. The van der Waals surface area contributed by atoms with Crippen LogP contribution in [0.4, 0.5) is 0 Å². The van der Waals surface area contributed by atoms with Crippen LogP contribution in [-0.4, -0.2) is 31.1 Å². The third kappa shape index (κ3) is 6.63. The van der Waals surface area contributed by atoms with Crippen molar-refractivity contribution in [2.24, 2.45) is 0 Å². The fourth-order valence-electron chi connectivity index (χ4n) is 2.12. The molecule has 0 aliphatic heterocycles. The number of hydrogen-bond acceptors (Lipinski definition) is 6. The van der Waals surface area contributed by atoms with Crippen molar-refractivity contribution >= 4 is 13.6 Å². The molecule has 0 bridgehead atoms. The highest BCUT2D eigenvalue weighted by Crippen LogP contribution is 2.56. The maximum atomic E-state index is 13.3. The number of carbonyl (C=O) groups excluding carboxylic acids is 1. The van der Waals surface area contributed by atoms with Gasteiger partial charge in [-0.2, -0.15) is 0 Å². The van der Waals surface area contributed by atoms with E-state index >= 15 is 0 Å². The Balaban J connectivity index is 3.09. The van der Waals surface area contributed by atoms with Crippen LogP contribution < -0.4 is 4.74 Å². The molecule has 0 amide bonds. The summed E-state index contributed by atoms with van der Waals surface area (Å²) < 4.78 is 34.8. The zero-order chi connectivity index (χ0) is 18.3. The summed E-state index contributed by atoms with van der Waals surface area (Å²) >= 11 is 0. The van der Waals surface area contributed by atoms with Gasteiger partial charge in [-0.3, -0.25) is 9.36 Å². The highest BCUT2D eigenvalue weighted by atomic mass is 31.2. The first kappa shape index (κ1) is 20.7. The predicted molar refractivity (Wildman–Crippen MR) is 92.3 cm³/mol. The minimum atomic E-state index is -3.65. The van der Waals surface area contributed by atoms with E-state index in [9.17, 15) is 9.36 Å². The molecule has 6 nitrogen and oxygen atoms in total. The van der Waals surface area contributed by atoms with Crippen LogP contribution in [0.25, 0.3) is 0 Å². The zero-order valence-corrected chi connectivity index (χ0v) is 16.0. The van der Waals surface area contributed by atoms with Gasteiger partial charge in [-0.25, -0.2) is 0 Å². The van der Waals surface area contributed by atoms with Crippen LogP contribution >= 0.6 is 7.60 Å². The van der Waals surface area contributed by atoms with Gasteiger partial charge in [0.1, 0.15) is 5.75 Å². The lowest BCUT2D eigenvalue weighted by molar-refractivity contribution is -0.143. The summed E-state index contributed by atoms with van der Waals surface area (Å²) in [5, 5.41) is 0. The summed E-state index contributed by atoms with van der Waals surface area (Å²) in [6, 6.07) is 7.23. The molecule has 0 aliphatic carbocycles. The Morgan fingerprint density at radius 2 is 1.54 bits per heavy atom. The van der Waals surface area contributed by atoms with Crippen molar-refractivity contribution in [3.8, 4) is 5.75 Å². The minimum Gasteiger partial charge on any atom is -0.497 e. The van der Waals surface area contributed by atoms with E-state index in [4.69, 9.17) is 18.5 Å². The molecule has 0 N–H and O–H groups in total. The summed E-state index contributed by atoms with van der Waals surface area (Å²) in [4.78, 5) is 11.5. The molecule has 1 aromatic carbocycles. The average Bonchev–Trinajstić information content (AvgIpc) is 2.45. The van der Waals surface area contributed by atoms with Gasteiger partial charge in [0.15, 0.2) is 0 Å². The van der Waals surface area contributed by atoms with E-state index in [0.29, 0.717) is 5.75 Å². The SMILES string of the molecule is COc1ccc(CC(OC(C)=O)P(=O)(OC(C)C)OC(C)C)cc1. The number of rotatable bonds is 9. The van der Waals surface area contributed by atoms with E-state index in [-0.39, 0.29) is 18.6 Å². The third-order valence-electron chi connectivity index (χ3n) is 2.94. The Kier molecular flexibility index (Phi) is 7.94. The van der Waals surface area contributed by atoms with Gasteiger partial charge in [-0.05, 0) is 45.4 Å². The molecule has 0 spiro atoms. The first-order valence-corrected chi connectivity index (χ1v) is 9.54. The van der Waals surface area contributed by atoms with Gasteiger partial charge >= 0.3 is 13.6 Å². The van der Waals surface area contributed by atoms with Gasteiger partial charge in [0.05, 0.1) is 19.3 Å². The topological polar surface area (TPSA) is 71.1 Å². The molecule has 1 aromatic rings. The monoisotopic (exact) mass is 358 g/mol. The summed E-state index contributed by atoms with van der Waals surface area (Å²) in [7, 11) is -2.07. The van der Waals surface area contributed by atoms with Crippen molar-refractivity contribution in [1.82, 2.24) is 0 Å². The summed E-state index contributed by atoms with van der Waals surface area (Å²) in [5.74, 6) is -0.829. The molecule has 0 heterocycles. The van der Waals surface area contributed by atoms with Crippen molar-refractivity contribution in [2.75, 3.05) is 7.11 Å². The van der Waals surface area contributed by atoms with Crippen molar-refractivity contribution in [1.29, 1.82) is 0 Å². The van der Waals surface area contributed by atoms with Crippen LogP contribution in [0, 0.1) is 0 Å². The predicted octanol–water partition coefficient (Wildman–Crippen LogP) is 4.17. The Labute approximate surface area is 144 Å². The lowest BCUT2D eigenvalue weighted by Crippen LogP contribution is -2.25. The van der Waals surface area contributed by atoms with E-state index < -0.39 is 19.4 Å². The van der Waals surface area contributed by atoms with Crippen LogP contribution in [-0.2, 0) is 29.6 Å². The van der Waals surface area contributed by atoms with Crippen LogP contribution in [0.5, 0.6) is 5.75 Å². The first-order chi connectivity index (χ1) is 11.2. The van der Waals surface area contributed by atoms with E-state index in [1.54, 1.807) is 46.9 Å². The molecule has 1 atom stereocenters. The van der Waals surface area contributed by atoms with Crippen LogP contribution in [0.1, 0.15) is 40.2 Å². The Bertz CT molecular complexity index is 553. The summed E-state index contributed by atoms with van der Waals surface area (Å²) in [6.45, 7) is 8.31. The lowest BCUT2D eigenvalue weighted by atomic mass is 10.1. The number of esters is 1. The largest absolute Gasteiger partial charge is 0.497 e. The van der Waals surface area contributed by atoms with Gasteiger partial charge in [-0.15, -0.1) is 0 Å². The van der Waals surface area contributed by atoms with Gasteiger partial charge in [0.25, 0.3) is 0 Å². The molecule has 0 aromatic heterocycles. The summed E-state index contributed by atoms with van der Waals surface area (Å²) in [6.07, 6.45) is -0.438. The second kappa shape index (κ2) is 9.21. The normalized spacial score (nSPS) is 13.2. The van der Waals surface area contributed by atoms with Gasteiger partial charge in [-0.1, -0.05) is 12.1 Å². The molecular formula is C17H27O6P. The van der Waals surface area contributed by atoms with Crippen molar-refractivity contribution in [3.05, 3.63) is 29.8 Å². The smallest absolute Gasteiger partial charge is 0.371 e. The van der Waals surface area contributed by atoms with E-state index in [0.717, 1.165) is 5.56 Å². The molecule has 0 saturated carbocycles. The van der Waals surface area contributed by atoms with Crippen molar-refractivity contribution in [3.63, 3.8) is 0 Å². The third-order valence-corrected chi connectivity index (χ3v) is 5.36. The number of hydrogen-bond donors (Lipinski definition) is 0.